The molecule has 41 heavy (non-hydrogen) atoms. The first-order valence-corrected chi connectivity index (χ1v) is 14.3. The number of hydrogen-bond donors (Lipinski definition) is 2. The van der Waals surface area contributed by atoms with E-state index in [1.807, 2.05) is 6.92 Å². The fraction of sp³-hybridized carbons (Fsp3) is 0.351. The summed E-state index contributed by atoms with van der Waals surface area (Å²) in [5.74, 6) is 1.81. The average Bonchev–Trinajstić information content (AvgIpc) is 2.93. The maximum absolute atomic E-state index is 9.94. The molecule has 0 heterocycles. The summed E-state index contributed by atoms with van der Waals surface area (Å²) in [5, 5.41) is 19.7. The molecule has 4 rings (SSSR count). The third kappa shape index (κ3) is 6.66. The predicted octanol–water partition coefficient (Wildman–Crippen LogP) is 7.31. The van der Waals surface area contributed by atoms with E-state index in [0.29, 0.717) is 6.42 Å². The van der Waals surface area contributed by atoms with Gasteiger partial charge in [-0.05, 0) is 132 Å². The third-order valence-electron chi connectivity index (χ3n) is 8.45. The van der Waals surface area contributed by atoms with E-state index >= 15 is 0 Å². The number of rotatable bonds is 10. The zero-order chi connectivity index (χ0) is 29.8. The first-order valence-electron chi connectivity index (χ1n) is 14.3. The zero-order valence-corrected chi connectivity index (χ0v) is 25.9. The molecular weight excluding hydrogens is 508 g/mol. The van der Waals surface area contributed by atoms with Crippen LogP contribution in [0.5, 0.6) is 11.5 Å². The molecule has 4 aromatic carbocycles. The molecule has 0 fully saturated rings. The van der Waals surface area contributed by atoms with Gasteiger partial charge >= 0.3 is 0 Å². The number of aliphatic hydroxyl groups is 2. The molecular formula is C37H44O4. The first-order chi connectivity index (χ1) is 19.6. The van der Waals surface area contributed by atoms with Gasteiger partial charge in [0, 0.05) is 12.8 Å². The van der Waals surface area contributed by atoms with Gasteiger partial charge in [-0.2, -0.15) is 0 Å². The van der Waals surface area contributed by atoms with E-state index in [1.54, 1.807) is 14.2 Å². The minimum absolute atomic E-state index is 0.0279. The van der Waals surface area contributed by atoms with Gasteiger partial charge < -0.3 is 19.7 Å². The highest BCUT2D eigenvalue weighted by Gasteiger charge is 2.17. The lowest BCUT2D eigenvalue weighted by molar-refractivity contribution is 0.280. The topological polar surface area (TPSA) is 58.9 Å². The Hall–Kier alpha value is -3.60. The monoisotopic (exact) mass is 552 g/mol. The SMILES string of the molecule is COc1cc(C)c(Cc2cc(Cc3cc(C)c(CO)cc3C)cc(Cc3cc(CO)c(C)cc3C)c2OC)cc1C. The fourth-order valence-electron chi connectivity index (χ4n) is 5.95. The van der Waals surface area contributed by atoms with Crippen LogP contribution in [0, 0.1) is 41.5 Å². The molecule has 0 radical (unpaired) electrons. The molecule has 0 unspecified atom stereocenters. The van der Waals surface area contributed by atoms with E-state index in [2.05, 4.69) is 83.1 Å². The van der Waals surface area contributed by atoms with Crippen molar-refractivity contribution in [1.29, 1.82) is 0 Å². The first kappa shape index (κ1) is 30.4. The molecule has 0 saturated heterocycles. The minimum Gasteiger partial charge on any atom is -0.496 e. The van der Waals surface area contributed by atoms with Gasteiger partial charge in [0.05, 0.1) is 27.4 Å². The molecule has 0 aliphatic carbocycles. The van der Waals surface area contributed by atoms with Gasteiger partial charge in [0.1, 0.15) is 11.5 Å². The molecule has 0 spiro atoms. The Morgan fingerprint density at radius 2 is 0.878 bits per heavy atom. The Bertz CT molecular complexity index is 1560. The highest BCUT2D eigenvalue weighted by atomic mass is 16.5. The van der Waals surface area contributed by atoms with Crippen LogP contribution in [0.2, 0.25) is 0 Å². The maximum Gasteiger partial charge on any atom is 0.125 e. The summed E-state index contributed by atoms with van der Waals surface area (Å²) in [5.41, 5.74) is 16.1. The maximum atomic E-state index is 9.94. The van der Waals surface area contributed by atoms with Crippen LogP contribution < -0.4 is 9.47 Å². The van der Waals surface area contributed by atoms with Crippen LogP contribution in [0.25, 0.3) is 0 Å². The lowest BCUT2D eigenvalue weighted by Gasteiger charge is -2.20. The lowest BCUT2D eigenvalue weighted by atomic mass is 9.88. The highest BCUT2D eigenvalue weighted by Crippen LogP contribution is 2.34. The number of aryl methyl sites for hydroxylation is 6. The lowest BCUT2D eigenvalue weighted by Crippen LogP contribution is -2.06. The molecule has 0 saturated carbocycles. The van der Waals surface area contributed by atoms with E-state index in [-0.39, 0.29) is 13.2 Å². The Morgan fingerprint density at radius 1 is 0.439 bits per heavy atom. The summed E-state index contributed by atoms with van der Waals surface area (Å²) in [6.45, 7) is 12.7. The third-order valence-corrected chi connectivity index (χ3v) is 8.45. The van der Waals surface area contributed by atoms with Crippen molar-refractivity contribution in [1.82, 2.24) is 0 Å². The molecule has 0 aromatic heterocycles. The van der Waals surface area contributed by atoms with Crippen molar-refractivity contribution < 1.29 is 19.7 Å². The molecule has 216 valence electrons. The van der Waals surface area contributed by atoms with Gasteiger partial charge in [-0.25, -0.2) is 0 Å². The second-order valence-corrected chi connectivity index (χ2v) is 11.5. The smallest absolute Gasteiger partial charge is 0.125 e. The van der Waals surface area contributed by atoms with Crippen LogP contribution in [0.1, 0.15) is 77.9 Å². The Balaban J connectivity index is 1.85. The van der Waals surface area contributed by atoms with Crippen LogP contribution >= 0.6 is 0 Å². The standard InChI is InChI=1S/C37H44O4/c1-22-9-23(2)35(21-39)19-31(22)18-33-16-28(14-29-10-25(4)34(20-38)11-24(29)3)15-32(37(33)41-8)17-30-12-27(6)36(40-7)13-26(30)5/h9-13,15-16,19,38-39H,14,17-18,20-21H2,1-8H3. The van der Waals surface area contributed by atoms with Crippen molar-refractivity contribution in [2.45, 2.75) is 74.0 Å². The second kappa shape index (κ2) is 12.9. The number of aliphatic hydroxyl groups excluding tert-OH is 2. The quantitative estimate of drug-likeness (QED) is 0.217. The van der Waals surface area contributed by atoms with Gasteiger partial charge in [-0.3, -0.25) is 0 Å². The Labute approximate surface area is 245 Å². The van der Waals surface area contributed by atoms with Gasteiger partial charge in [-0.15, -0.1) is 0 Å². The highest BCUT2D eigenvalue weighted by molar-refractivity contribution is 5.53. The molecule has 0 aliphatic heterocycles. The normalized spacial score (nSPS) is 11.2. The van der Waals surface area contributed by atoms with E-state index in [4.69, 9.17) is 9.47 Å². The van der Waals surface area contributed by atoms with Crippen molar-refractivity contribution in [2.24, 2.45) is 0 Å². The summed E-state index contributed by atoms with van der Waals surface area (Å²) in [4.78, 5) is 0. The molecule has 4 heteroatoms. The van der Waals surface area contributed by atoms with Gasteiger partial charge in [-0.1, -0.05) is 42.5 Å². The molecule has 0 bridgehead atoms. The fourth-order valence-corrected chi connectivity index (χ4v) is 5.95. The number of benzene rings is 4. The second-order valence-electron chi connectivity index (χ2n) is 11.5. The van der Waals surface area contributed by atoms with Crippen molar-refractivity contribution in [3.8, 4) is 11.5 Å². The van der Waals surface area contributed by atoms with Crippen molar-refractivity contribution in [2.75, 3.05) is 14.2 Å². The Kier molecular flexibility index (Phi) is 9.57. The summed E-state index contributed by atoms with van der Waals surface area (Å²) < 4.78 is 11.7. The van der Waals surface area contributed by atoms with Gasteiger partial charge in [0.2, 0.25) is 0 Å². The number of hydrogen-bond acceptors (Lipinski definition) is 4. The van der Waals surface area contributed by atoms with Crippen molar-refractivity contribution >= 4 is 0 Å². The van der Waals surface area contributed by atoms with Crippen LogP contribution in [-0.2, 0) is 32.5 Å². The summed E-state index contributed by atoms with van der Waals surface area (Å²) in [6.07, 6.45) is 2.25. The Morgan fingerprint density at radius 3 is 1.46 bits per heavy atom. The van der Waals surface area contributed by atoms with E-state index in [1.165, 1.54) is 38.9 Å². The number of methoxy groups -OCH3 is 2. The van der Waals surface area contributed by atoms with Crippen LogP contribution in [-0.4, -0.2) is 24.4 Å². The molecule has 0 amide bonds. The van der Waals surface area contributed by atoms with Gasteiger partial charge in [0.25, 0.3) is 0 Å². The molecule has 0 aliphatic rings. The summed E-state index contributed by atoms with van der Waals surface area (Å²) in [7, 11) is 3.47. The summed E-state index contributed by atoms with van der Waals surface area (Å²) in [6, 6.07) is 17.5. The minimum atomic E-state index is 0.0279. The predicted molar refractivity (Wildman–Crippen MR) is 168 cm³/mol. The van der Waals surface area contributed by atoms with Crippen LogP contribution in [0.3, 0.4) is 0 Å². The molecule has 0 atom stereocenters. The van der Waals surface area contributed by atoms with Crippen LogP contribution in [0.15, 0.2) is 48.5 Å². The van der Waals surface area contributed by atoms with Crippen LogP contribution in [0.4, 0.5) is 0 Å². The van der Waals surface area contributed by atoms with Gasteiger partial charge in [0.15, 0.2) is 0 Å². The molecule has 4 nitrogen and oxygen atoms in total. The van der Waals surface area contributed by atoms with E-state index in [0.717, 1.165) is 63.3 Å². The number of ether oxygens (including phenoxy) is 2. The van der Waals surface area contributed by atoms with E-state index < -0.39 is 0 Å². The largest absolute Gasteiger partial charge is 0.496 e. The molecule has 4 aromatic rings. The zero-order valence-electron chi connectivity index (χ0n) is 25.9. The average molecular weight is 553 g/mol. The van der Waals surface area contributed by atoms with E-state index in [9.17, 15) is 10.2 Å². The van der Waals surface area contributed by atoms with Crippen molar-refractivity contribution in [3.63, 3.8) is 0 Å². The molecule has 2 N–H and O–H groups in total. The summed E-state index contributed by atoms with van der Waals surface area (Å²) >= 11 is 0. The van der Waals surface area contributed by atoms with Crippen molar-refractivity contribution in [3.05, 3.63) is 126 Å².